The topological polar surface area (TPSA) is 145 Å². The van der Waals surface area contributed by atoms with E-state index in [2.05, 4.69) is 15.4 Å². The molecule has 10 heteroatoms. The summed E-state index contributed by atoms with van der Waals surface area (Å²) in [6.45, 7) is 0.0213. The minimum Gasteiger partial charge on any atom is -0.480 e. The molecule has 0 radical (unpaired) electrons. The van der Waals surface area contributed by atoms with E-state index in [9.17, 15) is 18.0 Å². The third-order valence-corrected chi connectivity index (χ3v) is 2.75. The van der Waals surface area contributed by atoms with E-state index < -0.39 is 28.1 Å². The van der Waals surface area contributed by atoms with E-state index in [-0.39, 0.29) is 26.1 Å². The van der Waals surface area contributed by atoms with Gasteiger partial charge in [0.05, 0.1) is 6.26 Å². The second kappa shape index (κ2) is 8.67. The Morgan fingerprint density at radius 2 is 1.89 bits per heavy atom. The lowest BCUT2D eigenvalue weighted by Crippen LogP contribution is -2.46. The molecule has 2 amide bonds. The Labute approximate surface area is 111 Å². The fourth-order valence-corrected chi connectivity index (χ4v) is 1.66. The molecule has 5 N–H and O–H groups in total. The predicted molar refractivity (Wildman–Crippen MR) is 67.1 cm³/mol. The van der Waals surface area contributed by atoms with Gasteiger partial charge < -0.3 is 20.8 Å². The quantitative estimate of drug-likeness (QED) is 0.313. The molecule has 0 aliphatic rings. The van der Waals surface area contributed by atoms with Crippen LogP contribution in [0.15, 0.2) is 0 Å². The maximum atomic E-state index is 11.3. The molecule has 0 heterocycles. The van der Waals surface area contributed by atoms with Crippen LogP contribution < -0.4 is 15.4 Å². The number of hydrogen-bond acceptors (Lipinski definition) is 5. The molecule has 112 valence electrons. The third-order valence-electron chi connectivity index (χ3n) is 2.02. The van der Waals surface area contributed by atoms with E-state index in [1.165, 1.54) is 0 Å². The average Bonchev–Trinajstić information content (AvgIpc) is 2.26. The van der Waals surface area contributed by atoms with Gasteiger partial charge in [0, 0.05) is 26.1 Å². The van der Waals surface area contributed by atoms with E-state index in [4.69, 9.17) is 10.2 Å². The van der Waals surface area contributed by atoms with E-state index >= 15 is 0 Å². The number of amides is 2. The van der Waals surface area contributed by atoms with E-state index in [0.29, 0.717) is 6.42 Å². The Kier molecular flexibility index (Phi) is 8.03. The molecule has 0 spiro atoms. The molecule has 0 saturated heterocycles. The molecule has 0 unspecified atom stereocenters. The normalized spacial score (nSPS) is 12.7. The largest absolute Gasteiger partial charge is 0.480 e. The minimum absolute atomic E-state index is 0.0849. The van der Waals surface area contributed by atoms with Crippen LogP contribution in [0.4, 0.5) is 4.79 Å². The number of urea groups is 1. The van der Waals surface area contributed by atoms with Crippen molar-refractivity contribution in [3.63, 3.8) is 0 Å². The van der Waals surface area contributed by atoms with Crippen molar-refractivity contribution in [1.29, 1.82) is 0 Å². The lowest BCUT2D eigenvalue weighted by Gasteiger charge is -2.13. The molecule has 0 aromatic carbocycles. The van der Waals surface area contributed by atoms with Crippen LogP contribution >= 0.6 is 0 Å². The second-order valence-electron chi connectivity index (χ2n) is 3.82. The van der Waals surface area contributed by atoms with Crippen LogP contribution in [0.1, 0.15) is 12.8 Å². The Morgan fingerprint density at radius 1 is 1.26 bits per heavy atom. The van der Waals surface area contributed by atoms with Crippen LogP contribution in [0, 0.1) is 0 Å². The highest BCUT2D eigenvalue weighted by Crippen LogP contribution is 1.91. The second-order valence-corrected chi connectivity index (χ2v) is 5.66. The van der Waals surface area contributed by atoms with Gasteiger partial charge in [0.1, 0.15) is 6.04 Å². The molecule has 0 aliphatic carbocycles. The molecule has 0 aromatic heterocycles. The zero-order valence-corrected chi connectivity index (χ0v) is 11.4. The van der Waals surface area contributed by atoms with Gasteiger partial charge in [0.2, 0.25) is 10.0 Å². The standard InChI is InChI=1S/C9H19N3O6S/c1-19(17,18)11-5-2-4-10-9(16)12-7(3-6-13)8(14)15/h7,11,13H,2-6H2,1H3,(H,14,15)(H2,10,12,16)/t7-/m0/s1. The predicted octanol–water partition coefficient (Wildman–Crippen LogP) is -1.94. The van der Waals surface area contributed by atoms with Crippen molar-refractivity contribution in [3.05, 3.63) is 0 Å². The molecule has 0 fully saturated rings. The van der Waals surface area contributed by atoms with Crippen LogP contribution in [-0.2, 0) is 14.8 Å². The highest BCUT2D eigenvalue weighted by atomic mass is 32.2. The SMILES string of the molecule is CS(=O)(=O)NCCCNC(=O)N[C@@H](CCO)C(=O)O. The Bertz CT molecular complexity index is 397. The van der Waals surface area contributed by atoms with Gasteiger partial charge in [-0.3, -0.25) is 0 Å². The average molecular weight is 297 g/mol. The van der Waals surface area contributed by atoms with Crippen LogP contribution in [0.25, 0.3) is 0 Å². The monoisotopic (exact) mass is 297 g/mol. The van der Waals surface area contributed by atoms with Gasteiger partial charge in [-0.05, 0) is 6.42 Å². The van der Waals surface area contributed by atoms with Crippen molar-refractivity contribution in [2.75, 3.05) is 26.0 Å². The number of aliphatic hydroxyl groups excluding tert-OH is 1. The molecule has 0 bridgehead atoms. The number of rotatable bonds is 9. The molecule has 9 nitrogen and oxygen atoms in total. The van der Waals surface area contributed by atoms with Crippen LogP contribution in [0.5, 0.6) is 0 Å². The summed E-state index contributed by atoms with van der Waals surface area (Å²) < 4.78 is 23.7. The fraction of sp³-hybridized carbons (Fsp3) is 0.778. The summed E-state index contributed by atoms with van der Waals surface area (Å²) in [5.74, 6) is -1.23. The fourth-order valence-electron chi connectivity index (χ4n) is 1.14. The van der Waals surface area contributed by atoms with Crippen LogP contribution in [-0.4, -0.2) is 62.6 Å². The molecule has 0 rings (SSSR count). The summed E-state index contributed by atoms with van der Waals surface area (Å²) in [6, 6.07) is -1.83. The number of aliphatic hydroxyl groups is 1. The van der Waals surface area contributed by atoms with Crippen molar-refractivity contribution in [2.45, 2.75) is 18.9 Å². The zero-order chi connectivity index (χ0) is 14.9. The smallest absolute Gasteiger partial charge is 0.326 e. The van der Waals surface area contributed by atoms with Crippen molar-refractivity contribution >= 4 is 22.0 Å². The van der Waals surface area contributed by atoms with Crippen LogP contribution in [0.2, 0.25) is 0 Å². The van der Waals surface area contributed by atoms with Crippen molar-refractivity contribution in [2.24, 2.45) is 0 Å². The Hall–Kier alpha value is -1.39. The highest BCUT2D eigenvalue weighted by Gasteiger charge is 2.18. The number of carbonyl (C=O) groups excluding carboxylic acids is 1. The molecule has 1 atom stereocenters. The number of carboxylic acid groups (broad SMARTS) is 1. The van der Waals surface area contributed by atoms with Gasteiger partial charge in [-0.2, -0.15) is 0 Å². The van der Waals surface area contributed by atoms with Crippen LogP contribution in [0.3, 0.4) is 0 Å². The molecule has 0 aromatic rings. The first-order chi connectivity index (χ1) is 8.76. The molecule has 0 saturated carbocycles. The lowest BCUT2D eigenvalue weighted by molar-refractivity contribution is -0.139. The summed E-state index contributed by atoms with van der Waals surface area (Å²) >= 11 is 0. The molecule has 19 heavy (non-hydrogen) atoms. The van der Waals surface area contributed by atoms with Gasteiger partial charge in [-0.15, -0.1) is 0 Å². The van der Waals surface area contributed by atoms with E-state index in [1.54, 1.807) is 0 Å². The van der Waals surface area contributed by atoms with Gasteiger partial charge in [0.15, 0.2) is 0 Å². The summed E-state index contributed by atoms with van der Waals surface area (Å²) in [6.07, 6.45) is 1.32. The molecule has 0 aliphatic heterocycles. The Morgan fingerprint density at radius 3 is 2.37 bits per heavy atom. The molecular weight excluding hydrogens is 278 g/mol. The number of sulfonamides is 1. The minimum atomic E-state index is -3.25. The molecular formula is C9H19N3O6S. The number of hydrogen-bond donors (Lipinski definition) is 5. The number of carbonyl (C=O) groups is 2. The van der Waals surface area contributed by atoms with Gasteiger partial charge in [0.25, 0.3) is 0 Å². The lowest BCUT2D eigenvalue weighted by atomic mass is 10.2. The first-order valence-corrected chi connectivity index (χ1v) is 7.48. The highest BCUT2D eigenvalue weighted by molar-refractivity contribution is 7.88. The summed E-state index contributed by atoms with van der Waals surface area (Å²) in [4.78, 5) is 22.0. The van der Waals surface area contributed by atoms with Crippen molar-refractivity contribution < 1.29 is 28.2 Å². The van der Waals surface area contributed by atoms with E-state index in [1.807, 2.05) is 0 Å². The zero-order valence-electron chi connectivity index (χ0n) is 10.5. The first-order valence-electron chi connectivity index (χ1n) is 5.59. The van der Waals surface area contributed by atoms with E-state index in [0.717, 1.165) is 6.26 Å². The number of nitrogens with one attached hydrogen (secondary N) is 3. The van der Waals surface area contributed by atoms with Crippen molar-refractivity contribution in [1.82, 2.24) is 15.4 Å². The third kappa shape index (κ3) is 10.2. The summed E-state index contributed by atoms with van der Waals surface area (Å²) in [5, 5.41) is 21.9. The maximum absolute atomic E-state index is 11.3. The van der Waals surface area contributed by atoms with Crippen molar-refractivity contribution in [3.8, 4) is 0 Å². The number of aliphatic carboxylic acids is 1. The van der Waals surface area contributed by atoms with Gasteiger partial charge in [-0.25, -0.2) is 22.7 Å². The summed E-state index contributed by atoms with van der Waals surface area (Å²) in [7, 11) is -3.25. The Balaban J connectivity index is 3.83. The van der Waals surface area contributed by atoms with Gasteiger partial charge >= 0.3 is 12.0 Å². The maximum Gasteiger partial charge on any atom is 0.326 e. The number of carboxylic acids is 1. The first kappa shape index (κ1) is 17.6. The van der Waals surface area contributed by atoms with Gasteiger partial charge in [-0.1, -0.05) is 0 Å². The summed E-state index contributed by atoms with van der Waals surface area (Å²) in [5.41, 5.74) is 0.